The number of hydrogen-bond acceptors (Lipinski definition) is 9. The SMILES string of the molecule is CC(=O)OCC1CC(N)C(OC(C)=O)C(Oc2ccc(C3CCCN3C)cn2)O1. The first-order valence-electron chi connectivity index (χ1n) is 9.88. The molecule has 9 heteroatoms. The number of likely N-dealkylation sites (tertiary alicyclic amines) is 1. The van der Waals surface area contributed by atoms with Crippen LogP contribution in [0.5, 0.6) is 5.88 Å². The van der Waals surface area contributed by atoms with Crippen molar-refractivity contribution in [3.8, 4) is 5.88 Å². The third kappa shape index (κ3) is 5.65. The second-order valence-electron chi connectivity index (χ2n) is 7.59. The van der Waals surface area contributed by atoms with E-state index in [-0.39, 0.29) is 6.61 Å². The van der Waals surface area contributed by atoms with E-state index >= 15 is 0 Å². The maximum absolute atomic E-state index is 11.5. The first-order valence-corrected chi connectivity index (χ1v) is 9.88. The molecule has 0 amide bonds. The summed E-state index contributed by atoms with van der Waals surface area (Å²) in [6.45, 7) is 3.76. The van der Waals surface area contributed by atoms with Crippen molar-refractivity contribution in [3.63, 3.8) is 0 Å². The Morgan fingerprint density at radius 1 is 1.31 bits per heavy atom. The van der Waals surface area contributed by atoms with Crippen molar-refractivity contribution in [2.75, 3.05) is 20.2 Å². The van der Waals surface area contributed by atoms with Crippen molar-refractivity contribution in [3.05, 3.63) is 23.9 Å². The molecule has 160 valence electrons. The van der Waals surface area contributed by atoms with E-state index in [0.29, 0.717) is 18.3 Å². The first kappa shape index (κ1) is 21.5. The molecule has 2 aliphatic rings. The number of hydrogen-bond donors (Lipinski definition) is 1. The largest absolute Gasteiger partial charge is 0.463 e. The smallest absolute Gasteiger partial charge is 0.303 e. The van der Waals surface area contributed by atoms with E-state index in [2.05, 4.69) is 16.9 Å². The maximum atomic E-state index is 11.5. The van der Waals surface area contributed by atoms with Crippen LogP contribution in [0.4, 0.5) is 0 Å². The Hall–Kier alpha value is -2.23. The standard InChI is InChI=1S/C20H29N3O6/c1-12(24)26-11-15-9-16(21)19(27-13(2)25)20(28-15)29-18-7-6-14(10-22-18)17-5-4-8-23(17)3/h6-7,10,15-17,19-20H,4-5,8-9,11,21H2,1-3H3. The Bertz CT molecular complexity index is 713. The van der Waals surface area contributed by atoms with Gasteiger partial charge in [0, 0.05) is 32.2 Å². The summed E-state index contributed by atoms with van der Waals surface area (Å²) in [6.07, 6.45) is 2.23. The maximum Gasteiger partial charge on any atom is 0.303 e. The van der Waals surface area contributed by atoms with Crippen molar-refractivity contribution in [2.45, 2.75) is 63.7 Å². The number of aromatic nitrogens is 1. The van der Waals surface area contributed by atoms with Gasteiger partial charge in [0.1, 0.15) is 6.61 Å². The average molecular weight is 407 g/mol. The van der Waals surface area contributed by atoms with Gasteiger partial charge in [-0.05, 0) is 38.4 Å². The molecule has 0 saturated carbocycles. The lowest BCUT2D eigenvalue weighted by molar-refractivity contribution is -0.228. The number of ether oxygens (including phenoxy) is 4. The lowest BCUT2D eigenvalue weighted by Crippen LogP contribution is -2.57. The molecule has 0 bridgehead atoms. The Labute approximate surface area is 170 Å². The van der Waals surface area contributed by atoms with Gasteiger partial charge in [-0.3, -0.25) is 14.5 Å². The van der Waals surface area contributed by atoms with E-state index in [1.54, 1.807) is 12.3 Å². The topological polar surface area (TPSA) is 113 Å². The second kappa shape index (κ2) is 9.51. The fraction of sp³-hybridized carbons (Fsp3) is 0.650. The predicted molar refractivity (Wildman–Crippen MR) is 103 cm³/mol. The van der Waals surface area contributed by atoms with E-state index in [1.807, 2.05) is 6.07 Å². The molecule has 2 N–H and O–H groups in total. The fourth-order valence-corrected chi connectivity index (χ4v) is 3.82. The molecule has 3 heterocycles. The van der Waals surface area contributed by atoms with Crippen LogP contribution in [0.25, 0.3) is 0 Å². The van der Waals surface area contributed by atoms with Crippen LogP contribution in [0, 0.1) is 0 Å². The van der Waals surface area contributed by atoms with Gasteiger partial charge in [-0.15, -0.1) is 0 Å². The Kier molecular flexibility index (Phi) is 7.05. The molecule has 0 aromatic carbocycles. The highest BCUT2D eigenvalue weighted by molar-refractivity contribution is 5.66. The summed E-state index contributed by atoms with van der Waals surface area (Å²) in [4.78, 5) is 29.3. The van der Waals surface area contributed by atoms with Crippen LogP contribution in [0.1, 0.15) is 44.7 Å². The zero-order valence-corrected chi connectivity index (χ0v) is 17.1. The molecule has 5 atom stereocenters. The molecule has 0 aliphatic carbocycles. The minimum absolute atomic E-state index is 0.0517. The lowest BCUT2D eigenvalue weighted by atomic mass is 10.0. The van der Waals surface area contributed by atoms with Gasteiger partial charge < -0.3 is 24.7 Å². The number of rotatable bonds is 6. The van der Waals surface area contributed by atoms with Gasteiger partial charge in [0.05, 0.1) is 12.1 Å². The van der Waals surface area contributed by atoms with Crippen LogP contribution in [-0.2, 0) is 23.8 Å². The van der Waals surface area contributed by atoms with Crippen molar-refractivity contribution in [1.29, 1.82) is 0 Å². The van der Waals surface area contributed by atoms with Crippen molar-refractivity contribution >= 4 is 11.9 Å². The second-order valence-corrected chi connectivity index (χ2v) is 7.59. The van der Waals surface area contributed by atoms with Gasteiger partial charge in [-0.2, -0.15) is 0 Å². The molecular weight excluding hydrogens is 378 g/mol. The molecule has 29 heavy (non-hydrogen) atoms. The summed E-state index contributed by atoms with van der Waals surface area (Å²) in [5.41, 5.74) is 7.31. The van der Waals surface area contributed by atoms with Crippen LogP contribution < -0.4 is 10.5 Å². The monoisotopic (exact) mass is 407 g/mol. The molecule has 1 aromatic heterocycles. The number of pyridine rings is 1. The van der Waals surface area contributed by atoms with E-state index < -0.39 is 36.5 Å². The van der Waals surface area contributed by atoms with E-state index in [9.17, 15) is 9.59 Å². The van der Waals surface area contributed by atoms with Crippen molar-refractivity contribution in [2.24, 2.45) is 5.73 Å². The molecule has 0 spiro atoms. The Balaban J connectivity index is 1.69. The first-order chi connectivity index (χ1) is 13.8. The van der Waals surface area contributed by atoms with E-state index in [1.165, 1.54) is 20.3 Å². The van der Waals surface area contributed by atoms with Crippen molar-refractivity contribution < 1.29 is 28.5 Å². The summed E-state index contributed by atoms with van der Waals surface area (Å²) < 4.78 is 22.1. The average Bonchev–Trinajstić information content (AvgIpc) is 3.09. The van der Waals surface area contributed by atoms with Gasteiger partial charge in [-0.1, -0.05) is 6.07 Å². The number of carbonyl (C=O) groups excluding carboxylic acids is 2. The predicted octanol–water partition coefficient (Wildman–Crippen LogP) is 1.16. The van der Waals surface area contributed by atoms with Crippen LogP contribution in [0.15, 0.2) is 18.3 Å². The third-order valence-electron chi connectivity index (χ3n) is 5.23. The molecule has 5 unspecified atom stereocenters. The van der Waals surface area contributed by atoms with Gasteiger partial charge in [0.25, 0.3) is 0 Å². The molecule has 2 aliphatic heterocycles. The number of nitrogens with two attached hydrogens (primary N) is 1. The highest BCUT2D eigenvalue weighted by atomic mass is 16.7. The zero-order valence-electron chi connectivity index (χ0n) is 17.1. The summed E-state index contributed by atoms with van der Waals surface area (Å²) in [6, 6.07) is 3.59. The van der Waals surface area contributed by atoms with Gasteiger partial charge in [0.15, 0.2) is 6.10 Å². The normalized spacial score (nSPS) is 30.0. The number of carbonyl (C=O) groups is 2. The summed E-state index contributed by atoms with van der Waals surface area (Å²) >= 11 is 0. The molecule has 9 nitrogen and oxygen atoms in total. The molecular formula is C20H29N3O6. The highest BCUT2D eigenvalue weighted by Gasteiger charge is 2.41. The van der Waals surface area contributed by atoms with E-state index in [4.69, 9.17) is 24.7 Å². The van der Waals surface area contributed by atoms with Gasteiger partial charge in [-0.25, -0.2) is 4.98 Å². The highest BCUT2D eigenvalue weighted by Crippen LogP contribution is 2.31. The van der Waals surface area contributed by atoms with Crippen molar-refractivity contribution in [1.82, 2.24) is 9.88 Å². The number of nitrogens with zero attached hydrogens (tertiary/aromatic N) is 2. The lowest BCUT2D eigenvalue weighted by Gasteiger charge is -2.38. The minimum Gasteiger partial charge on any atom is -0.463 e. The summed E-state index contributed by atoms with van der Waals surface area (Å²) in [7, 11) is 2.10. The van der Waals surface area contributed by atoms with Gasteiger partial charge in [0.2, 0.25) is 12.2 Å². The van der Waals surface area contributed by atoms with E-state index in [0.717, 1.165) is 18.5 Å². The minimum atomic E-state index is -0.948. The number of esters is 2. The molecule has 2 fully saturated rings. The quantitative estimate of drug-likeness (QED) is 0.694. The van der Waals surface area contributed by atoms with Gasteiger partial charge >= 0.3 is 11.9 Å². The molecule has 1 aromatic rings. The van der Waals surface area contributed by atoms with Crippen LogP contribution in [0.2, 0.25) is 0 Å². The molecule has 2 saturated heterocycles. The van der Waals surface area contributed by atoms with Crippen LogP contribution in [0.3, 0.4) is 0 Å². The van der Waals surface area contributed by atoms with Crippen LogP contribution >= 0.6 is 0 Å². The summed E-state index contributed by atoms with van der Waals surface area (Å²) in [5.74, 6) is -0.540. The fourth-order valence-electron chi connectivity index (χ4n) is 3.82. The molecule has 0 radical (unpaired) electrons. The third-order valence-corrected chi connectivity index (χ3v) is 5.23. The Morgan fingerprint density at radius 3 is 2.69 bits per heavy atom. The Morgan fingerprint density at radius 2 is 2.10 bits per heavy atom. The zero-order chi connectivity index (χ0) is 21.0. The van der Waals surface area contributed by atoms with Crippen LogP contribution in [-0.4, -0.2) is 66.6 Å². The summed E-state index contributed by atoms with van der Waals surface area (Å²) in [5, 5.41) is 0. The molecule has 3 rings (SSSR count).